The van der Waals surface area contributed by atoms with Gasteiger partial charge in [0.2, 0.25) is 0 Å². The Hall–Kier alpha value is -4.43. The van der Waals surface area contributed by atoms with Gasteiger partial charge in [-0.25, -0.2) is 0 Å². The predicted molar refractivity (Wildman–Crippen MR) is 149 cm³/mol. The Morgan fingerprint density at radius 1 is 0.868 bits per heavy atom. The smallest absolute Gasteiger partial charge is 0.295 e. The van der Waals surface area contributed by atoms with Crippen LogP contribution in [0.5, 0.6) is 5.75 Å². The first kappa shape index (κ1) is 23.9. The van der Waals surface area contributed by atoms with Gasteiger partial charge in [0.25, 0.3) is 17.6 Å². The van der Waals surface area contributed by atoms with Crippen LogP contribution < -0.4 is 4.74 Å². The first-order valence-corrected chi connectivity index (χ1v) is 13.2. The molecule has 1 N–H and O–H groups in total. The van der Waals surface area contributed by atoms with E-state index in [2.05, 4.69) is 23.2 Å². The van der Waals surface area contributed by atoms with E-state index < -0.39 is 11.7 Å². The first-order chi connectivity index (χ1) is 18.5. The monoisotopic (exact) mass is 523 g/mol. The average Bonchev–Trinajstić information content (AvgIpc) is 3.61. The third kappa shape index (κ3) is 4.13. The Morgan fingerprint density at radius 3 is 2.32 bits per heavy atom. The molecule has 1 fully saturated rings. The number of ketones is 1. The Bertz CT molecular complexity index is 1650. The van der Waals surface area contributed by atoms with Crippen LogP contribution in [0.3, 0.4) is 0 Å². The van der Waals surface area contributed by atoms with Crippen LogP contribution >= 0.6 is 11.3 Å². The molecule has 0 radical (unpaired) electrons. The fourth-order valence-electron chi connectivity index (χ4n) is 5.02. The van der Waals surface area contributed by atoms with E-state index >= 15 is 0 Å². The maximum absolute atomic E-state index is 13.5. The number of methoxy groups -OCH3 is 1. The SMILES string of the molecule is COc1ccc(-c2cc3ccccc3s2)c2[nH]cc(C(=O)C(=O)N3CCN(C(=O)c4ccccc4)CC3)c12. The maximum Gasteiger partial charge on any atom is 0.295 e. The molecular formula is C30H25N3O4S. The number of rotatable bonds is 5. The van der Waals surface area contributed by atoms with Crippen molar-refractivity contribution >= 4 is 49.9 Å². The number of fused-ring (bicyclic) bond motifs is 2. The molecule has 0 spiro atoms. The van der Waals surface area contributed by atoms with Crippen LogP contribution in [0, 0.1) is 0 Å². The number of hydrogen-bond acceptors (Lipinski definition) is 5. The normalized spacial score (nSPS) is 13.7. The Balaban J connectivity index is 1.26. The summed E-state index contributed by atoms with van der Waals surface area (Å²) in [6.07, 6.45) is 1.60. The van der Waals surface area contributed by atoms with E-state index in [4.69, 9.17) is 4.74 Å². The van der Waals surface area contributed by atoms with Crippen LogP contribution in [0.1, 0.15) is 20.7 Å². The summed E-state index contributed by atoms with van der Waals surface area (Å²) >= 11 is 1.67. The summed E-state index contributed by atoms with van der Waals surface area (Å²) in [5.41, 5.74) is 2.60. The summed E-state index contributed by atoms with van der Waals surface area (Å²) in [6, 6.07) is 23.2. The molecule has 1 saturated heterocycles. The van der Waals surface area contributed by atoms with Crippen molar-refractivity contribution in [3.8, 4) is 16.2 Å². The van der Waals surface area contributed by atoms with Crippen molar-refractivity contribution in [1.29, 1.82) is 0 Å². The number of carbonyl (C=O) groups excluding carboxylic acids is 3. The molecule has 6 rings (SSSR count). The van der Waals surface area contributed by atoms with Crippen molar-refractivity contribution in [3.63, 3.8) is 0 Å². The van der Waals surface area contributed by atoms with Gasteiger partial charge in [-0.05, 0) is 41.8 Å². The number of aromatic nitrogens is 1. The number of H-pyrrole nitrogens is 1. The zero-order valence-electron chi connectivity index (χ0n) is 20.8. The minimum atomic E-state index is -0.592. The highest BCUT2D eigenvalue weighted by molar-refractivity contribution is 7.22. The highest BCUT2D eigenvalue weighted by Crippen LogP contribution is 2.40. The number of aromatic amines is 1. The molecule has 0 atom stereocenters. The van der Waals surface area contributed by atoms with E-state index in [-0.39, 0.29) is 11.5 Å². The molecule has 0 bridgehead atoms. The molecule has 7 nitrogen and oxygen atoms in total. The lowest BCUT2D eigenvalue weighted by molar-refractivity contribution is -0.127. The molecule has 0 aliphatic carbocycles. The number of piperazine rings is 1. The number of amides is 2. The van der Waals surface area contributed by atoms with Crippen LogP contribution in [0.2, 0.25) is 0 Å². The summed E-state index contributed by atoms with van der Waals surface area (Å²) in [6.45, 7) is 1.35. The molecule has 1 aliphatic rings. The predicted octanol–water partition coefficient (Wildman–Crippen LogP) is 5.23. The number of ether oxygens (including phenoxy) is 1. The van der Waals surface area contributed by atoms with Crippen LogP contribution in [-0.4, -0.2) is 65.7 Å². The number of nitrogens with one attached hydrogen (secondary N) is 1. The van der Waals surface area contributed by atoms with Crippen LogP contribution in [0.25, 0.3) is 31.4 Å². The number of Topliss-reactive ketones (excluding diaryl/α,β-unsaturated/α-hetero) is 1. The Morgan fingerprint density at radius 2 is 1.58 bits per heavy atom. The molecule has 3 aromatic carbocycles. The number of hydrogen-bond donors (Lipinski definition) is 1. The molecule has 5 aromatic rings. The maximum atomic E-state index is 13.5. The molecule has 3 heterocycles. The number of carbonyl (C=O) groups is 3. The minimum absolute atomic E-state index is 0.0702. The Kier molecular flexibility index (Phi) is 6.17. The summed E-state index contributed by atoms with van der Waals surface area (Å²) in [5.74, 6) is -0.711. The molecule has 1 aliphatic heterocycles. The lowest BCUT2D eigenvalue weighted by atomic mass is 10.0. The summed E-state index contributed by atoms with van der Waals surface area (Å²) < 4.78 is 6.77. The van der Waals surface area contributed by atoms with Crippen molar-refractivity contribution in [1.82, 2.24) is 14.8 Å². The van der Waals surface area contributed by atoms with Crippen molar-refractivity contribution in [2.45, 2.75) is 0 Å². The van der Waals surface area contributed by atoms with E-state index in [0.717, 1.165) is 21.3 Å². The summed E-state index contributed by atoms with van der Waals surface area (Å²) in [7, 11) is 1.56. The fourth-order valence-corrected chi connectivity index (χ4v) is 6.12. The molecule has 2 amide bonds. The highest BCUT2D eigenvalue weighted by atomic mass is 32.1. The van der Waals surface area contributed by atoms with Gasteiger partial charge in [-0.1, -0.05) is 36.4 Å². The van der Waals surface area contributed by atoms with Gasteiger partial charge in [-0.3, -0.25) is 14.4 Å². The number of nitrogens with zero attached hydrogens (tertiary/aromatic N) is 2. The second-order valence-electron chi connectivity index (χ2n) is 9.20. The standard InChI is InChI=1S/C30H25N3O4S/c1-37-23-12-11-21(25-17-20-9-5-6-10-24(20)38-25)27-26(23)22(18-31-27)28(34)30(36)33-15-13-32(14-16-33)29(35)19-7-3-2-4-8-19/h2-12,17-18,31H,13-16H2,1H3. The van der Waals surface area contributed by atoms with E-state index in [0.29, 0.717) is 42.9 Å². The van der Waals surface area contributed by atoms with E-state index in [9.17, 15) is 14.4 Å². The van der Waals surface area contributed by atoms with Gasteiger partial charge in [0, 0.05) is 53.1 Å². The molecule has 0 unspecified atom stereocenters. The van der Waals surface area contributed by atoms with E-state index in [1.807, 2.05) is 42.5 Å². The van der Waals surface area contributed by atoms with Gasteiger partial charge in [-0.2, -0.15) is 0 Å². The van der Waals surface area contributed by atoms with E-state index in [1.165, 1.54) is 9.60 Å². The average molecular weight is 524 g/mol. The second-order valence-corrected chi connectivity index (χ2v) is 10.3. The van der Waals surface area contributed by atoms with Crippen LogP contribution in [-0.2, 0) is 4.79 Å². The molecule has 2 aromatic heterocycles. The molecule has 190 valence electrons. The van der Waals surface area contributed by atoms with Crippen LogP contribution in [0.4, 0.5) is 0 Å². The first-order valence-electron chi connectivity index (χ1n) is 12.4. The minimum Gasteiger partial charge on any atom is -0.496 e. The zero-order chi connectivity index (χ0) is 26.2. The number of benzene rings is 3. The van der Waals surface area contributed by atoms with Crippen molar-refractivity contribution in [2.24, 2.45) is 0 Å². The van der Waals surface area contributed by atoms with Gasteiger partial charge in [0.05, 0.1) is 23.6 Å². The molecule has 8 heteroatoms. The van der Waals surface area contributed by atoms with Gasteiger partial charge < -0.3 is 19.5 Å². The van der Waals surface area contributed by atoms with E-state index in [1.54, 1.807) is 41.7 Å². The summed E-state index contributed by atoms with van der Waals surface area (Å²) in [4.78, 5) is 47.0. The lowest BCUT2D eigenvalue weighted by Gasteiger charge is -2.34. The third-order valence-corrected chi connectivity index (χ3v) is 8.17. The second kappa shape index (κ2) is 9.79. The molecule has 0 saturated carbocycles. The largest absolute Gasteiger partial charge is 0.496 e. The molecular weight excluding hydrogens is 498 g/mol. The summed E-state index contributed by atoms with van der Waals surface area (Å²) in [5, 5.41) is 1.75. The number of thiophene rings is 1. The third-order valence-electron chi connectivity index (χ3n) is 7.02. The van der Waals surface area contributed by atoms with Crippen molar-refractivity contribution < 1.29 is 19.1 Å². The van der Waals surface area contributed by atoms with Crippen molar-refractivity contribution in [3.05, 3.63) is 90.1 Å². The topological polar surface area (TPSA) is 82.7 Å². The van der Waals surface area contributed by atoms with Gasteiger partial charge in [0.15, 0.2) is 0 Å². The fraction of sp³-hybridized carbons (Fsp3) is 0.167. The Labute approximate surface area is 223 Å². The van der Waals surface area contributed by atoms with Gasteiger partial charge in [0.1, 0.15) is 5.75 Å². The quantitative estimate of drug-likeness (QED) is 0.253. The highest BCUT2D eigenvalue weighted by Gasteiger charge is 2.31. The molecule has 38 heavy (non-hydrogen) atoms. The zero-order valence-corrected chi connectivity index (χ0v) is 21.6. The van der Waals surface area contributed by atoms with Crippen molar-refractivity contribution in [2.75, 3.05) is 33.3 Å². The van der Waals surface area contributed by atoms with Crippen LogP contribution in [0.15, 0.2) is 79.0 Å². The van der Waals surface area contributed by atoms with Gasteiger partial charge in [-0.15, -0.1) is 11.3 Å². The van der Waals surface area contributed by atoms with Gasteiger partial charge >= 0.3 is 0 Å². The lowest BCUT2D eigenvalue weighted by Crippen LogP contribution is -2.52.